The monoisotopic (exact) mass is 1040 g/mol. The van der Waals surface area contributed by atoms with Crippen molar-refractivity contribution in [2.24, 2.45) is 0 Å². The smallest absolute Gasteiger partial charge is 0.171 e. The van der Waals surface area contributed by atoms with Gasteiger partial charge in [0.1, 0.15) is 26.2 Å². The molecular formula is C50H70Br4N4. The van der Waals surface area contributed by atoms with Crippen LogP contribution in [0.15, 0.2) is 110 Å². The molecule has 0 unspecified atom stereocenters. The molecule has 58 heavy (non-hydrogen) atoms. The van der Waals surface area contributed by atoms with Gasteiger partial charge in [-0.2, -0.15) is 0 Å². The lowest BCUT2D eigenvalue weighted by Gasteiger charge is -2.17. The molecule has 0 atom stereocenters. The summed E-state index contributed by atoms with van der Waals surface area (Å²) in [5, 5.41) is 0. The maximum Gasteiger partial charge on any atom is 0.171 e. The Bertz CT molecular complexity index is 1600. The van der Waals surface area contributed by atoms with Gasteiger partial charge in [-0.3, -0.25) is 0 Å². The lowest BCUT2D eigenvalue weighted by Crippen LogP contribution is -3.00. The van der Waals surface area contributed by atoms with Gasteiger partial charge in [-0.25, -0.2) is 18.3 Å². The third-order valence-corrected chi connectivity index (χ3v) is 11.0. The molecule has 0 fully saturated rings. The molecule has 8 heteroatoms. The fraction of sp³-hybridized carbons (Fsp3) is 0.480. The Hall–Kier alpha value is -2.26. The second-order valence-corrected chi connectivity index (χ2v) is 16.1. The Balaban J connectivity index is 0.00000420. The molecule has 1 aromatic carbocycles. The lowest BCUT2D eigenvalue weighted by atomic mass is 9.88. The minimum absolute atomic E-state index is 0. The average Bonchev–Trinajstić information content (AvgIpc) is 3.15. The molecule has 0 saturated heterocycles. The van der Waals surface area contributed by atoms with Gasteiger partial charge in [0, 0.05) is 72.2 Å². The number of hydrogen-bond donors (Lipinski definition) is 0. The average molecular weight is 1050 g/mol. The summed E-state index contributed by atoms with van der Waals surface area (Å²) in [5.41, 5.74) is 11.9. The van der Waals surface area contributed by atoms with Crippen LogP contribution in [0.25, 0.3) is 0 Å². The van der Waals surface area contributed by atoms with E-state index in [9.17, 15) is 0 Å². The molecule has 318 valence electrons. The number of benzene rings is 1. The molecule has 5 aromatic rings. The molecule has 0 aliphatic carbocycles. The topological polar surface area (TPSA) is 15.5 Å². The molecule has 4 nitrogen and oxygen atoms in total. The summed E-state index contributed by atoms with van der Waals surface area (Å²) in [6.45, 7) is 13.2. The molecule has 0 radical (unpaired) electrons. The van der Waals surface area contributed by atoms with E-state index in [4.69, 9.17) is 0 Å². The van der Waals surface area contributed by atoms with E-state index in [0.717, 1.165) is 26.2 Å². The zero-order valence-electron chi connectivity index (χ0n) is 35.8. The number of nitrogens with zero attached hydrogens (tertiary/aromatic N) is 4. The highest BCUT2D eigenvalue weighted by Crippen LogP contribution is 2.25. The number of pyridine rings is 4. The summed E-state index contributed by atoms with van der Waals surface area (Å²) in [5.74, 6) is 0. The number of aromatic nitrogens is 4. The van der Waals surface area contributed by atoms with Gasteiger partial charge in [0.25, 0.3) is 0 Å². The minimum atomic E-state index is 0. The first-order valence-corrected chi connectivity index (χ1v) is 21.4. The highest BCUT2D eigenvalue weighted by atomic mass is 79.9. The van der Waals surface area contributed by atoms with Crippen LogP contribution in [0.3, 0.4) is 0 Å². The van der Waals surface area contributed by atoms with Gasteiger partial charge in [-0.05, 0) is 151 Å². The largest absolute Gasteiger partial charge is 1.00 e. The van der Waals surface area contributed by atoms with E-state index in [1.807, 2.05) is 0 Å². The van der Waals surface area contributed by atoms with Crippen LogP contribution >= 0.6 is 0 Å². The molecule has 0 aliphatic heterocycles. The number of halogens is 4. The van der Waals surface area contributed by atoms with Crippen molar-refractivity contribution < 1.29 is 86.2 Å². The first kappa shape index (κ1) is 53.8. The number of aryl methyl sites for hydroxylation is 12. The van der Waals surface area contributed by atoms with Gasteiger partial charge in [0.2, 0.25) is 0 Å². The van der Waals surface area contributed by atoms with Crippen LogP contribution in [0.4, 0.5) is 0 Å². The third-order valence-electron chi connectivity index (χ3n) is 11.0. The Morgan fingerprint density at radius 1 is 0.310 bits per heavy atom. The van der Waals surface area contributed by atoms with Crippen molar-refractivity contribution in [3.05, 3.63) is 155 Å². The van der Waals surface area contributed by atoms with E-state index in [-0.39, 0.29) is 67.9 Å². The van der Waals surface area contributed by atoms with E-state index in [2.05, 4.69) is 156 Å². The molecule has 0 amide bonds. The Kier molecular flexibility index (Phi) is 28.5. The van der Waals surface area contributed by atoms with E-state index in [1.54, 1.807) is 22.3 Å². The molecule has 0 bridgehead atoms. The molecule has 0 spiro atoms. The van der Waals surface area contributed by atoms with Crippen molar-refractivity contribution in [1.82, 2.24) is 0 Å². The molecule has 4 heterocycles. The minimum Gasteiger partial charge on any atom is -1.00 e. The van der Waals surface area contributed by atoms with Crippen molar-refractivity contribution in [1.29, 1.82) is 0 Å². The van der Waals surface area contributed by atoms with Gasteiger partial charge in [0.05, 0.1) is 0 Å². The van der Waals surface area contributed by atoms with Crippen LogP contribution in [-0.2, 0) is 51.9 Å². The highest BCUT2D eigenvalue weighted by Gasteiger charge is 2.13. The predicted molar refractivity (Wildman–Crippen MR) is 222 cm³/mol. The van der Waals surface area contributed by atoms with Gasteiger partial charge >= 0.3 is 0 Å². The Morgan fingerprint density at radius 3 is 0.741 bits per heavy atom. The summed E-state index contributed by atoms with van der Waals surface area (Å²) < 4.78 is 9.44. The lowest BCUT2D eigenvalue weighted by molar-refractivity contribution is -0.697. The molecular weight excluding hydrogens is 976 g/mol. The normalized spacial score (nSPS) is 10.6. The summed E-state index contributed by atoms with van der Waals surface area (Å²) in [7, 11) is 0. The molecule has 0 aliphatic rings. The molecule has 0 saturated carbocycles. The standard InChI is InChI=1S/C50H70N4.4BrH/c1-43-21-17-33-51(39-43)29-13-5-9-25-47-37-49(27-11-7-15-31-53-35-19-23-45(3)41-53)50(28-12-8-16-32-54-36-20-24-46(4)42-54)38-48(47)26-10-6-14-30-52-34-18-22-44(2)40-52;;;;/h17-24,33-42H,5-16,25-32H2,1-4H3;4*1H/q+4;;;;/p-4. The van der Waals surface area contributed by atoms with Crippen molar-refractivity contribution in [2.75, 3.05) is 0 Å². The van der Waals surface area contributed by atoms with Crippen LogP contribution in [0.5, 0.6) is 0 Å². The maximum atomic E-state index is 2.68. The second kappa shape index (κ2) is 30.7. The Morgan fingerprint density at radius 2 is 0.534 bits per heavy atom. The third kappa shape index (κ3) is 20.3. The molecule has 0 N–H and O–H groups in total. The van der Waals surface area contributed by atoms with E-state index in [0.29, 0.717) is 0 Å². The summed E-state index contributed by atoms with van der Waals surface area (Å²) in [6.07, 6.45) is 38.0. The zero-order valence-corrected chi connectivity index (χ0v) is 42.2. The summed E-state index contributed by atoms with van der Waals surface area (Å²) >= 11 is 0. The van der Waals surface area contributed by atoms with Crippen molar-refractivity contribution in [2.45, 2.75) is 157 Å². The van der Waals surface area contributed by atoms with Crippen LogP contribution in [-0.4, -0.2) is 0 Å². The number of unbranched alkanes of at least 4 members (excludes halogenated alkanes) is 8. The van der Waals surface area contributed by atoms with Gasteiger partial charge in [0.15, 0.2) is 49.6 Å². The first-order chi connectivity index (χ1) is 26.4. The maximum absolute atomic E-state index is 2.68. The van der Waals surface area contributed by atoms with Crippen LogP contribution in [0, 0.1) is 27.7 Å². The fourth-order valence-electron chi connectivity index (χ4n) is 8.04. The van der Waals surface area contributed by atoms with Crippen molar-refractivity contribution in [3.8, 4) is 0 Å². The van der Waals surface area contributed by atoms with Crippen molar-refractivity contribution in [3.63, 3.8) is 0 Å². The van der Waals surface area contributed by atoms with Gasteiger partial charge < -0.3 is 67.9 Å². The van der Waals surface area contributed by atoms with E-state index < -0.39 is 0 Å². The van der Waals surface area contributed by atoms with Gasteiger partial charge in [-0.15, -0.1) is 0 Å². The van der Waals surface area contributed by atoms with Crippen LogP contribution in [0.2, 0.25) is 0 Å². The van der Waals surface area contributed by atoms with E-state index in [1.165, 1.54) is 125 Å². The predicted octanol–water partition coefficient (Wildman–Crippen LogP) is -2.26. The van der Waals surface area contributed by atoms with Crippen molar-refractivity contribution >= 4 is 0 Å². The summed E-state index contributed by atoms with van der Waals surface area (Å²) in [6, 6.07) is 22.8. The first-order valence-electron chi connectivity index (χ1n) is 21.4. The number of rotatable bonds is 24. The van der Waals surface area contributed by atoms with Crippen LogP contribution < -0.4 is 86.2 Å². The fourth-order valence-corrected chi connectivity index (χ4v) is 8.04. The summed E-state index contributed by atoms with van der Waals surface area (Å²) in [4.78, 5) is 0. The Labute approximate surface area is 394 Å². The highest BCUT2D eigenvalue weighted by molar-refractivity contribution is 5.39. The SMILES string of the molecule is Cc1ccc[n+](CCCCCc2cc(CCCCC[n+]3cccc(C)c3)c(CCCCC[n+]3cccc(C)c3)cc2CCCCC[n+]2cccc(C)c2)c1.[Br-].[Br-].[Br-].[Br-]. The van der Waals surface area contributed by atoms with Crippen LogP contribution in [0.1, 0.15) is 122 Å². The van der Waals surface area contributed by atoms with Gasteiger partial charge in [-0.1, -0.05) is 12.1 Å². The molecule has 4 aromatic heterocycles. The second-order valence-electron chi connectivity index (χ2n) is 16.1. The quantitative estimate of drug-likeness (QED) is 0.0491. The number of hydrogen-bond acceptors (Lipinski definition) is 0. The molecule has 5 rings (SSSR count). The zero-order chi connectivity index (χ0) is 37.8. The van der Waals surface area contributed by atoms with E-state index >= 15 is 0 Å².